The Kier molecular flexibility index (Phi) is 14.8. The molecule has 0 saturated heterocycles. The lowest BCUT2D eigenvalue weighted by Crippen LogP contribution is -2.15. The molecule has 2 aliphatic rings. The molecule has 112 heavy (non-hydrogen) atoms. The van der Waals surface area contributed by atoms with Crippen molar-refractivity contribution in [2.24, 2.45) is 0 Å². The first-order valence-electron chi connectivity index (χ1n) is 39.4. The van der Waals surface area contributed by atoms with Gasteiger partial charge in [0.25, 0.3) is 0 Å². The fraction of sp³-hybridized carbons (Fsp3) is 0.0536. The van der Waals surface area contributed by atoms with Crippen molar-refractivity contribution < 1.29 is 0 Å². The Balaban J connectivity index is 0.000000138. The van der Waals surface area contributed by atoms with Crippen molar-refractivity contribution in [1.29, 1.82) is 0 Å². The van der Waals surface area contributed by atoms with E-state index in [0.717, 1.165) is 0 Å². The third-order valence-corrected chi connectivity index (χ3v) is 25.2. The minimum atomic E-state index is -0.111. The Morgan fingerprint density at radius 2 is 0.420 bits per heavy atom. The molecular formula is C112H76. The van der Waals surface area contributed by atoms with Gasteiger partial charge in [-0.15, -0.1) is 0 Å². The Labute approximate surface area is 652 Å². The van der Waals surface area contributed by atoms with E-state index in [0.29, 0.717) is 0 Å². The molecule has 0 nitrogen and oxygen atoms in total. The Morgan fingerprint density at radius 3 is 0.839 bits per heavy atom. The van der Waals surface area contributed by atoms with E-state index in [9.17, 15) is 0 Å². The van der Waals surface area contributed by atoms with Crippen molar-refractivity contribution in [2.45, 2.75) is 38.5 Å². The van der Waals surface area contributed by atoms with Crippen LogP contribution in [-0.4, -0.2) is 0 Å². The Hall–Kier alpha value is -13.8. The zero-order chi connectivity index (χ0) is 74.5. The average molecular weight is 1420 g/mol. The monoisotopic (exact) mass is 1420 g/mol. The minimum absolute atomic E-state index is 0.1000. The summed E-state index contributed by atoms with van der Waals surface area (Å²) in [6.45, 7) is 9.57. The van der Waals surface area contributed by atoms with Gasteiger partial charge in [-0.25, -0.2) is 0 Å². The zero-order valence-electron chi connectivity index (χ0n) is 63.0. The highest BCUT2D eigenvalue weighted by atomic mass is 14.4. The molecule has 0 amide bonds. The van der Waals surface area contributed by atoms with Gasteiger partial charge >= 0.3 is 0 Å². The predicted molar refractivity (Wildman–Crippen MR) is 481 cm³/mol. The van der Waals surface area contributed by atoms with Crippen molar-refractivity contribution in [3.8, 4) is 100 Å². The van der Waals surface area contributed by atoms with Gasteiger partial charge in [-0.05, 0) is 260 Å². The largest absolute Gasteiger partial charge is 0.0616 e. The zero-order valence-corrected chi connectivity index (χ0v) is 63.0. The van der Waals surface area contributed by atoms with Crippen molar-refractivity contribution >= 4 is 108 Å². The molecule has 0 aliphatic heterocycles. The second kappa shape index (κ2) is 25.4. The van der Waals surface area contributed by atoms with Crippen LogP contribution in [0.3, 0.4) is 0 Å². The fourth-order valence-corrected chi connectivity index (χ4v) is 20.3. The summed E-state index contributed by atoms with van der Waals surface area (Å²) in [6.07, 6.45) is 0. The van der Waals surface area contributed by atoms with Crippen molar-refractivity contribution in [3.63, 3.8) is 0 Å². The van der Waals surface area contributed by atoms with Crippen molar-refractivity contribution in [2.75, 3.05) is 0 Å². The summed E-state index contributed by atoms with van der Waals surface area (Å²) in [6, 6.07) is 145. The van der Waals surface area contributed by atoms with E-state index in [4.69, 9.17) is 0 Å². The highest BCUT2D eigenvalue weighted by Gasteiger charge is 2.40. The van der Waals surface area contributed by atoms with Gasteiger partial charge < -0.3 is 0 Å². The summed E-state index contributed by atoms with van der Waals surface area (Å²) in [4.78, 5) is 0. The quantitative estimate of drug-likeness (QED) is 0.110. The SMILES string of the molecule is CC1(C)c2cccc(-c3cccc(-c4c5ccccc5c(-c5ccc6c(ccc7ccccc76)c5)c5ccccc45)c3)c2-c2ccc3ccccc3c21.CC1(C)c2cccc(-c3cccc(-c4c5ccccc5c(-c5cccc(-c6cc7ccccc7c7ccccc67)c5)c5ccccc45)c3)c2-c2ccc3ccccc3c21. The number of benzene rings is 21. The van der Waals surface area contributed by atoms with Crippen molar-refractivity contribution in [3.05, 3.63) is 411 Å². The highest BCUT2D eigenvalue weighted by molar-refractivity contribution is 6.25. The Bertz CT molecular complexity index is 7450. The number of hydrogen-bond donors (Lipinski definition) is 0. The molecule has 0 fully saturated rings. The van der Waals surface area contributed by atoms with Crippen LogP contribution in [0.25, 0.3) is 208 Å². The highest BCUT2D eigenvalue weighted by Crippen LogP contribution is 2.58. The molecule has 21 aromatic carbocycles. The number of hydrogen-bond acceptors (Lipinski definition) is 0. The summed E-state index contributed by atoms with van der Waals surface area (Å²) in [5.74, 6) is 0. The van der Waals surface area contributed by atoms with Crippen LogP contribution < -0.4 is 0 Å². The summed E-state index contributed by atoms with van der Waals surface area (Å²) in [5.41, 5.74) is 28.5. The van der Waals surface area contributed by atoms with Crippen LogP contribution >= 0.6 is 0 Å². The first-order chi connectivity index (χ1) is 55.1. The lowest BCUT2D eigenvalue weighted by atomic mass is 9.80. The second-order valence-electron chi connectivity index (χ2n) is 32.0. The predicted octanol–water partition coefficient (Wildman–Crippen LogP) is 31.2. The molecule has 524 valence electrons. The van der Waals surface area contributed by atoms with Crippen LogP contribution in [0.2, 0.25) is 0 Å². The van der Waals surface area contributed by atoms with Gasteiger partial charge in [-0.3, -0.25) is 0 Å². The molecule has 2 aliphatic carbocycles. The molecule has 21 aromatic rings. The molecular weight excluding hydrogens is 1350 g/mol. The van der Waals surface area contributed by atoms with Gasteiger partial charge in [0.05, 0.1) is 0 Å². The molecule has 0 spiro atoms. The summed E-state index contributed by atoms with van der Waals surface area (Å²) in [5, 5.41) is 25.7. The van der Waals surface area contributed by atoms with Crippen LogP contribution in [0.4, 0.5) is 0 Å². The maximum absolute atomic E-state index is 2.43. The maximum Gasteiger partial charge on any atom is 0.0165 e. The molecule has 0 atom stereocenters. The fourth-order valence-electron chi connectivity index (χ4n) is 20.3. The van der Waals surface area contributed by atoms with E-state index >= 15 is 0 Å². The third-order valence-electron chi connectivity index (χ3n) is 25.2. The van der Waals surface area contributed by atoms with E-state index in [1.807, 2.05) is 0 Å². The van der Waals surface area contributed by atoms with Gasteiger partial charge in [-0.1, -0.05) is 386 Å². The van der Waals surface area contributed by atoms with E-state index in [-0.39, 0.29) is 10.8 Å². The van der Waals surface area contributed by atoms with Crippen LogP contribution in [0.5, 0.6) is 0 Å². The lowest BCUT2D eigenvalue weighted by molar-refractivity contribution is 0.666. The second-order valence-corrected chi connectivity index (χ2v) is 32.0. The molecule has 0 N–H and O–H groups in total. The maximum atomic E-state index is 2.43. The number of fused-ring (bicyclic) bond motifs is 20. The van der Waals surface area contributed by atoms with E-state index < -0.39 is 0 Å². The molecule has 23 rings (SSSR count). The normalized spacial score (nSPS) is 13.1. The number of rotatable bonds is 7. The van der Waals surface area contributed by atoms with Gasteiger partial charge in [0.2, 0.25) is 0 Å². The standard InChI is InChI=1S/C59H40.C53H36/c1-59(2)54-31-15-30-44(57(54)52-33-32-37-16-3-6-23-45(37)58(52)59)38-18-13-20-41(34-38)55-48-26-9-11-28-50(48)56(51-29-12-10-27-49(51)55)42-21-14-19-39(35-42)53-36-40-17-4-5-22-43(40)46-24-7-8-25-47(46)53;1-53(2)48-24-12-23-41(51(48)47-30-27-34-14-4-6-18-42(34)52(47)53)35-15-11-16-37(31-35)49-43-19-7-9-21-45(43)50(46-22-10-8-20-44(46)49)38-28-29-40-36(32-38)26-25-33-13-3-5-17-39(33)40/h3-36H,1-2H3;3-32H,1-2H3. The summed E-state index contributed by atoms with van der Waals surface area (Å²) >= 11 is 0. The lowest BCUT2D eigenvalue weighted by Gasteiger charge is -2.23. The third kappa shape index (κ3) is 10.0. The molecule has 0 heterocycles. The molecule has 0 saturated carbocycles. The molecule has 0 aromatic heterocycles. The minimum Gasteiger partial charge on any atom is -0.0616 e. The summed E-state index contributed by atoms with van der Waals surface area (Å²) in [7, 11) is 0. The van der Waals surface area contributed by atoms with Crippen molar-refractivity contribution in [1.82, 2.24) is 0 Å². The van der Waals surface area contributed by atoms with Crippen LogP contribution in [-0.2, 0) is 10.8 Å². The molecule has 0 heteroatoms. The molecule has 0 radical (unpaired) electrons. The van der Waals surface area contributed by atoms with Crippen LogP contribution in [0, 0.1) is 0 Å². The average Bonchev–Trinajstić information content (AvgIpc) is 1.52. The van der Waals surface area contributed by atoms with E-state index in [1.165, 1.54) is 230 Å². The first-order valence-corrected chi connectivity index (χ1v) is 39.4. The van der Waals surface area contributed by atoms with Gasteiger partial charge in [0, 0.05) is 10.8 Å². The van der Waals surface area contributed by atoms with Crippen LogP contribution in [0.1, 0.15) is 49.9 Å². The van der Waals surface area contributed by atoms with E-state index in [1.54, 1.807) is 0 Å². The van der Waals surface area contributed by atoms with E-state index in [2.05, 4.69) is 416 Å². The Morgan fingerprint density at radius 1 is 0.143 bits per heavy atom. The van der Waals surface area contributed by atoms with Gasteiger partial charge in [0.15, 0.2) is 0 Å². The molecule has 0 bridgehead atoms. The van der Waals surface area contributed by atoms with Gasteiger partial charge in [-0.2, -0.15) is 0 Å². The van der Waals surface area contributed by atoms with Gasteiger partial charge in [0.1, 0.15) is 0 Å². The smallest absolute Gasteiger partial charge is 0.0165 e. The first kappa shape index (κ1) is 65.3. The molecule has 0 unspecified atom stereocenters. The summed E-state index contributed by atoms with van der Waals surface area (Å²) < 4.78 is 0. The van der Waals surface area contributed by atoms with Crippen LogP contribution in [0.15, 0.2) is 388 Å². The topological polar surface area (TPSA) is 0 Å².